The largest absolute Gasteiger partial charge is 0.337 e. The molecule has 2 aromatic carbocycles. The highest BCUT2D eigenvalue weighted by molar-refractivity contribution is 7.92. The third-order valence-corrected chi connectivity index (χ3v) is 6.60. The van der Waals surface area contributed by atoms with Gasteiger partial charge in [-0.2, -0.15) is 0 Å². The molecule has 1 aromatic heterocycles. The van der Waals surface area contributed by atoms with Crippen LogP contribution in [0.4, 0.5) is 16.0 Å². The summed E-state index contributed by atoms with van der Waals surface area (Å²) in [5.41, 5.74) is 1.03. The highest BCUT2D eigenvalue weighted by Crippen LogP contribution is 2.20. The topological polar surface area (TPSA) is 95.5 Å². The van der Waals surface area contributed by atoms with Crippen LogP contribution in [0.2, 0.25) is 0 Å². The van der Waals surface area contributed by atoms with Crippen LogP contribution >= 0.6 is 0 Å². The van der Waals surface area contributed by atoms with Crippen molar-refractivity contribution in [2.45, 2.75) is 11.8 Å². The summed E-state index contributed by atoms with van der Waals surface area (Å²) in [6.45, 7) is 3.83. The quantitative estimate of drug-likeness (QED) is 0.636. The summed E-state index contributed by atoms with van der Waals surface area (Å²) in [5, 5.41) is 0. The number of nitrogens with zero attached hydrogens (tertiary/aromatic N) is 4. The van der Waals surface area contributed by atoms with E-state index in [2.05, 4.69) is 14.7 Å². The van der Waals surface area contributed by atoms with Crippen LogP contribution in [0.15, 0.2) is 65.8 Å². The molecule has 10 heteroatoms. The molecule has 0 atom stereocenters. The number of benzene rings is 2. The maximum atomic E-state index is 13.4. The molecule has 166 valence electrons. The number of carbonyl (C=O) groups excluding carboxylic acids is 1. The number of rotatable bonds is 5. The molecule has 1 N–H and O–H groups in total. The van der Waals surface area contributed by atoms with E-state index >= 15 is 0 Å². The van der Waals surface area contributed by atoms with Crippen LogP contribution < -0.4 is 9.62 Å². The van der Waals surface area contributed by atoms with E-state index in [4.69, 9.17) is 0 Å². The van der Waals surface area contributed by atoms with E-state index in [1.165, 1.54) is 31.2 Å². The zero-order chi connectivity index (χ0) is 22.7. The minimum atomic E-state index is -3.87. The van der Waals surface area contributed by atoms with Gasteiger partial charge < -0.3 is 9.80 Å². The van der Waals surface area contributed by atoms with Gasteiger partial charge in [0.2, 0.25) is 5.95 Å². The van der Waals surface area contributed by atoms with Gasteiger partial charge in [-0.05, 0) is 61.0 Å². The monoisotopic (exact) mass is 455 g/mol. The predicted molar refractivity (Wildman–Crippen MR) is 119 cm³/mol. The molecule has 1 saturated heterocycles. The number of aryl methyl sites for hydroxylation is 1. The lowest BCUT2D eigenvalue weighted by molar-refractivity contribution is 0.0746. The van der Waals surface area contributed by atoms with Gasteiger partial charge in [0, 0.05) is 49.8 Å². The van der Waals surface area contributed by atoms with Crippen LogP contribution in [0.1, 0.15) is 15.9 Å². The third kappa shape index (κ3) is 4.70. The molecule has 0 saturated carbocycles. The highest BCUT2D eigenvalue weighted by atomic mass is 32.2. The first kappa shape index (κ1) is 21.7. The first-order valence-electron chi connectivity index (χ1n) is 10.0. The van der Waals surface area contributed by atoms with Crippen LogP contribution in [-0.4, -0.2) is 55.4 Å². The Bertz CT molecular complexity index is 1210. The van der Waals surface area contributed by atoms with Crippen molar-refractivity contribution in [3.05, 3.63) is 77.9 Å². The molecule has 0 aliphatic carbocycles. The molecular formula is C22H22FN5O3S. The lowest BCUT2D eigenvalue weighted by Gasteiger charge is -2.34. The molecule has 32 heavy (non-hydrogen) atoms. The Morgan fingerprint density at radius 2 is 1.66 bits per heavy atom. The summed E-state index contributed by atoms with van der Waals surface area (Å²) < 4.78 is 41.0. The fourth-order valence-electron chi connectivity index (χ4n) is 3.43. The summed E-state index contributed by atoms with van der Waals surface area (Å²) in [5.74, 6) is 0.0544. The van der Waals surface area contributed by atoms with Crippen molar-refractivity contribution < 1.29 is 17.6 Å². The van der Waals surface area contributed by atoms with Crippen molar-refractivity contribution in [1.29, 1.82) is 0 Å². The predicted octanol–water partition coefficient (Wildman–Crippen LogP) is 2.69. The van der Waals surface area contributed by atoms with E-state index in [-0.39, 0.29) is 16.4 Å². The van der Waals surface area contributed by atoms with Gasteiger partial charge >= 0.3 is 0 Å². The van der Waals surface area contributed by atoms with E-state index in [0.29, 0.717) is 43.4 Å². The minimum Gasteiger partial charge on any atom is -0.337 e. The normalized spacial score (nSPS) is 14.3. The molecular weight excluding hydrogens is 433 g/mol. The Morgan fingerprint density at radius 1 is 1.00 bits per heavy atom. The summed E-state index contributed by atoms with van der Waals surface area (Å²) in [7, 11) is -3.87. The minimum absolute atomic E-state index is 0.0307. The molecule has 0 unspecified atom stereocenters. The van der Waals surface area contributed by atoms with Crippen LogP contribution in [-0.2, 0) is 10.0 Å². The highest BCUT2D eigenvalue weighted by Gasteiger charge is 2.23. The number of piperazine rings is 1. The van der Waals surface area contributed by atoms with E-state index in [1.807, 2.05) is 4.90 Å². The molecule has 1 fully saturated rings. The number of aromatic nitrogens is 2. The Labute approximate surface area is 185 Å². The fourth-order valence-corrected chi connectivity index (χ4v) is 4.57. The number of amides is 1. The van der Waals surface area contributed by atoms with Crippen molar-refractivity contribution in [3.63, 3.8) is 0 Å². The second-order valence-corrected chi connectivity index (χ2v) is 9.10. The first-order valence-corrected chi connectivity index (χ1v) is 11.5. The molecule has 1 aliphatic rings. The van der Waals surface area contributed by atoms with E-state index < -0.39 is 15.8 Å². The number of nitrogens with one attached hydrogen (secondary N) is 1. The fraction of sp³-hybridized carbons (Fsp3) is 0.227. The SMILES string of the molecule is Cc1cc(S(=O)(=O)Nc2ccc(C(=O)N3CCN(c4ncccn4)CC3)cc2)ccc1F. The summed E-state index contributed by atoms with van der Waals surface area (Å²) in [6.07, 6.45) is 3.37. The molecule has 0 spiro atoms. The number of halogens is 1. The Balaban J connectivity index is 1.39. The van der Waals surface area contributed by atoms with Gasteiger partial charge in [-0.15, -0.1) is 0 Å². The van der Waals surface area contributed by atoms with E-state index in [1.54, 1.807) is 35.5 Å². The van der Waals surface area contributed by atoms with Gasteiger partial charge in [0.15, 0.2) is 0 Å². The van der Waals surface area contributed by atoms with Crippen molar-refractivity contribution >= 4 is 27.6 Å². The Hall–Kier alpha value is -3.53. The summed E-state index contributed by atoms with van der Waals surface area (Å²) in [6, 6.07) is 11.6. The number of sulfonamides is 1. The van der Waals surface area contributed by atoms with E-state index in [9.17, 15) is 17.6 Å². The summed E-state index contributed by atoms with van der Waals surface area (Å²) in [4.78, 5) is 25.1. The Kier molecular flexibility index (Phi) is 6.04. The number of carbonyl (C=O) groups is 1. The Morgan fingerprint density at radius 3 is 2.28 bits per heavy atom. The maximum Gasteiger partial charge on any atom is 0.261 e. The van der Waals surface area contributed by atoms with Gasteiger partial charge in [-0.3, -0.25) is 9.52 Å². The molecule has 2 heterocycles. The van der Waals surface area contributed by atoms with E-state index in [0.717, 1.165) is 6.07 Å². The van der Waals surface area contributed by atoms with Crippen molar-refractivity contribution in [1.82, 2.24) is 14.9 Å². The molecule has 3 aromatic rings. The first-order chi connectivity index (χ1) is 15.3. The van der Waals surface area contributed by atoms with Crippen LogP contribution in [0.5, 0.6) is 0 Å². The molecule has 1 amide bonds. The average Bonchev–Trinajstić information content (AvgIpc) is 2.81. The molecule has 0 radical (unpaired) electrons. The summed E-state index contributed by atoms with van der Waals surface area (Å²) >= 11 is 0. The average molecular weight is 456 g/mol. The third-order valence-electron chi connectivity index (χ3n) is 5.23. The zero-order valence-corrected chi connectivity index (χ0v) is 18.2. The number of hydrogen-bond acceptors (Lipinski definition) is 6. The number of hydrogen-bond donors (Lipinski definition) is 1. The number of anilines is 2. The van der Waals surface area contributed by atoms with Crippen molar-refractivity contribution in [3.8, 4) is 0 Å². The standard InChI is InChI=1S/C22H22FN5O3S/c1-16-15-19(7-8-20(16)23)32(30,31)26-18-5-3-17(4-6-18)21(29)27-11-13-28(14-12-27)22-24-9-2-10-25-22/h2-10,15,26H,11-14H2,1H3. The molecule has 8 nitrogen and oxygen atoms in total. The lowest BCUT2D eigenvalue weighted by Crippen LogP contribution is -2.49. The van der Waals surface area contributed by atoms with Gasteiger partial charge in [0.1, 0.15) is 5.82 Å². The molecule has 4 rings (SSSR count). The van der Waals surface area contributed by atoms with Gasteiger partial charge in [0.05, 0.1) is 4.90 Å². The molecule has 0 bridgehead atoms. The second kappa shape index (κ2) is 8.91. The second-order valence-electron chi connectivity index (χ2n) is 7.42. The van der Waals surface area contributed by atoms with Crippen molar-refractivity contribution in [2.75, 3.05) is 35.8 Å². The molecule has 1 aliphatic heterocycles. The van der Waals surface area contributed by atoms with Gasteiger partial charge in [0.25, 0.3) is 15.9 Å². The van der Waals surface area contributed by atoms with Gasteiger partial charge in [-0.25, -0.2) is 22.8 Å². The maximum absolute atomic E-state index is 13.4. The van der Waals surface area contributed by atoms with Crippen LogP contribution in [0.3, 0.4) is 0 Å². The van der Waals surface area contributed by atoms with Gasteiger partial charge in [-0.1, -0.05) is 0 Å². The van der Waals surface area contributed by atoms with Crippen LogP contribution in [0, 0.1) is 12.7 Å². The van der Waals surface area contributed by atoms with Crippen LogP contribution in [0.25, 0.3) is 0 Å². The lowest BCUT2D eigenvalue weighted by atomic mass is 10.1. The van der Waals surface area contributed by atoms with Crippen molar-refractivity contribution in [2.24, 2.45) is 0 Å². The smallest absolute Gasteiger partial charge is 0.261 e. The zero-order valence-electron chi connectivity index (χ0n) is 17.4.